The molecule has 1 aromatic heterocycles. The van der Waals surface area contributed by atoms with Gasteiger partial charge in [0, 0.05) is 5.10 Å². The highest BCUT2D eigenvalue weighted by atomic mass is 35.7. The van der Waals surface area contributed by atoms with Crippen LogP contribution < -0.4 is 23.3 Å². The number of benzene rings is 1. The van der Waals surface area contributed by atoms with Gasteiger partial charge in [-0.05, 0) is 29.8 Å². The average molecular weight is 289 g/mol. The predicted molar refractivity (Wildman–Crippen MR) is 49.9 cm³/mol. The number of rotatable bonds is 2. The van der Waals surface area contributed by atoms with E-state index >= 15 is 0 Å². The summed E-state index contributed by atoms with van der Waals surface area (Å²) in [7, 11) is -4.94. The molecule has 0 radical (unpaired) electrons. The molecule has 0 saturated carbocycles. The summed E-state index contributed by atoms with van der Waals surface area (Å²) in [6.07, 6.45) is 4.85. The zero-order valence-electron chi connectivity index (χ0n) is 9.34. The number of aromatic amines is 1. The minimum Gasteiger partial charge on any atom is -0.508 e. The van der Waals surface area contributed by atoms with E-state index in [1.165, 1.54) is 0 Å². The van der Waals surface area contributed by atoms with Crippen LogP contribution in [0.3, 0.4) is 0 Å². The van der Waals surface area contributed by atoms with Crippen LogP contribution in [0.25, 0.3) is 0 Å². The lowest BCUT2D eigenvalue weighted by Gasteiger charge is -2.17. The highest BCUT2D eigenvalue weighted by molar-refractivity contribution is 5.79. The number of nitrogens with one attached hydrogen (secondary N) is 1. The van der Waals surface area contributed by atoms with Gasteiger partial charge in [-0.3, -0.25) is 0 Å². The lowest BCUT2D eigenvalue weighted by atomic mass is 10.2. The molecule has 0 spiro atoms. The van der Waals surface area contributed by atoms with E-state index in [9.17, 15) is 0 Å². The first-order valence-electron chi connectivity index (χ1n) is 4.70. The zero-order valence-corrected chi connectivity index (χ0v) is 10.1. The first-order valence-corrected chi connectivity index (χ1v) is 5.93. The van der Waals surface area contributed by atoms with Gasteiger partial charge in [-0.1, -0.05) is 0 Å². The van der Waals surface area contributed by atoms with E-state index in [0.717, 1.165) is 5.56 Å². The molecule has 2 aromatic rings. The quantitative estimate of drug-likeness (QED) is 0.419. The molecule has 10 heteroatoms. The molecule has 0 bridgehead atoms. The van der Waals surface area contributed by atoms with Gasteiger partial charge in [0.15, 0.2) is 0 Å². The van der Waals surface area contributed by atoms with Gasteiger partial charge in [0.05, 0.1) is 6.21 Å². The molecule has 0 amide bonds. The second-order valence-electron chi connectivity index (χ2n) is 3.10. The van der Waals surface area contributed by atoms with E-state index in [1.807, 2.05) is 0 Å². The standard InChI is InChI=1S/C9H8N4O.ClHO4/c14-9-3-1-8(2-4-9)5-12-13-6-10-11-7-13;2-1(3,4)5/h1-7H,(H,12,14);(H,2,3,4,5). The highest BCUT2D eigenvalue weighted by Gasteiger charge is 1.92. The molecule has 2 N–H and O–H groups in total. The van der Waals surface area contributed by atoms with Crippen molar-refractivity contribution in [3.63, 3.8) is 0 Å². The Balaban J connectivity index is 0.000000312. The highest BCUT2D eigenvalue weighted by Crippen LogP contribution is 2.07. The second-order valence-corrected chi connectivity index (χ2v) is 3.85. The number of aromatic hydroxyl groups is 1. The number of phenols is 1. The van der Waals surface area contributed by atoms with Gasteiger partial charge in [-0.2, -0.15) is 0 Å². The molecule has 0 aliphatic heterocycles. The van der Waals surface area contributed by atoms with E-state index in [2.05, 4.69) is 15.3 Å². The van der Waals surface area contributed by atoms with Gasteiger partial charge in [0.2, 0.25) is 6.33 Å². The van der Waals surface area contributed by atoms with Gasteiger partial charge < -0.3 is 5.11 Å². The molecular formula is C9H9ClN4O5. The smallest absolute Gasteiger partial charge is 0.288 e. The normalized spacial score (nSPS) is 11.2. The number of hydrogen-bond donors (Lipinski definition) is 2. The fourth-order valence-electron chi connectivity index (χ4n) is 0.975. The largest absolute Gasteiger partial charge is 0.508 e. The molecule has 0 fully saturated rings. The van der Waals surface area contributed by atoms with Crippen molar-refractivity contribution in [2.24, 2.45) is 5.10 Å². The van der Waals surface area contributed by atoms with Crippen LogP contribution in [0.1, 0.15) is 5.56 Å². The third-order valence-corrected chi connectivity index (χ3v) is 1.67. The molecule has 102 valence electrons. The Kier molecular flexibility index (Phi) is 5.36. The van der Waals surface area contributed by atoms with Crippen LogP contribution in [0.15, 0.2) is 42.0 Å². The van der Waals surface area contributed by atoms with Crippen molar-refractivity contribution in [3.05, 3.63) is 42.5 Å². The number of hydrogen-bond acceptors (Lipinski definition) is 7. The van der Waals surface area contributed by atoms with Gasteiger partial charge in [-0.15, -0.1) is 25.1 Å². The zero-order chi connectivity index (χ0) is 14.3. The van der Waals surface area contributed by atoms with Crippen molar-refractivity contribution in [2.45, 2.75) is 0 Å². The Bertz CT molecular complexity index is 502. The van der Waals surface area contributed by atoms with Crippen LogP contribution in [-0.4, -0.2) is 21.5 Å². The first kappa shape index (κ1) is 15.0. The van der Waals surface area contributed by atoms with E-state index in [4.69, 9.17) is 23.7 Å². The predicted octanol–water partition coefficient (Wildman–Crippen LogP) is -4.47. The molecule has 0 unspecified atom stereocenters. The van der Waals surface area contributed by atoms with Gasteiger partial charge >= 0.3 is 0 Å². The van der Waals surface area contributed by atoms with Crippen molar-refractivity contribution in [3.8, 4) is 5.75 Å². The Morgan fingerprint density at radius 3 is 2.26 bits per heavy atom. The van der Waals surface area contributed by atoms with Crippen LogP contribution in [0.4, 0.5) is 0 Å². The Morgan fingerprint density at radius 1 is 1.21 bits per heavy atom. The maximum absolute atomic E-state index is 9.04. The van der Waals surface area contributed by atoms with E-state index in [-0.39, 0.29) is 5.75 Å². The van der Waals surface area contributed by atoms with Gasteiger partial charge in [0.1, 0.15) is 5.75 Å². The van der Waals surface area contributed by atoms with Crippen molar-refractivity contribution in [2.75, 3.05) is 0 Å². The van der Waals surface area contributed by atoms with Gasteiger partial charge in [-0.25, -0.2) is 18.6 Å². The van der Waals surface area contributed by atoms with Crippen molar-refractivity contribution < 1.29 is 38.7 Å². The topological polar surface area (TPSA) is 157 Å². The van der Waals surface area contributed by atoms with Crippen molar-refractivity contribution >= 4 is 6.21 Å². The van der Waals surface area contributed by atoms with Crippen LogP contribution in [0.2, 0.25) is 0 Å². The van der Waals surface area contributed by atoms with E-state index in [1.54, 1.807) is 47.8 Å². The number of nitrogens with zero attached hydrogens (tertiary/aromatic N) is 3. The monoisotopic (exact) mass is 288 g/mol. The third kappa shape index (κ3) is 7.81. The summed E-state index contributed by atoms with van der Waals surface area (Å²) < 4.78 is 35.5. The number of phenolic OH excluding ortho intramolecular Hbond substituents is 1. The second kappa shape index (κ2) is 6.78. The minimum atomic E-state index is -4.94. The van der Waals surface area contributed by atoms with Crippen LogP contribution in [0.5, 0.6) is 5.75 Å². The molecule has 1 aromatic carbocycles. The maximum Gasteiger partial charge on any atom is 0.288 e. The number of H-pyrrole nitrogens is 1. The van der Waals surface area contributed by atoms with Crippen LogP contribution in [0, 0.1) is 10.2 Å². The molecule has 0 aliphatic rings. The number of halogens is 1. The average Bonchev–Trinajstić information content (AvgIpc) is 2.79. The summed E-state index contributed by atoms with van der Waals surface area (Å²) in [6.45, 7) is 0. The SMILES string of the molecule is Oc1ccc(/C=N/[n+]2cn[nH]c2)cc1.[O-][Cl+3]([O-])([O-])[O-]. The first-order chi connectivity index (χ1) is 8.84. The third-order valence-electron chi connectivity index (χ3n) is 1.67. The Hall–Kier alpha value is -2.04. The molecule has 9 nitrogen and oxygen atoms in total. The summed E-state index contributed by atoms with van der Waals surface area (Å²) in [5.74, 6) is 0.248. The lowest BCUT2D eigenvalue weighted by Crippen LogP contribution is -2.68. The lowest BCUT2D eigenvalue weighted by molar-refractivity contribution is -2.00. The summed E-state index contributed by atoms with van der Waals surface area (Å²) in [6, 6.07) is 6.78. The Morgan fingerprint density at radius 2 is 1.79 bits per heavy atom. The summed E-state index contributed by atoms with van der Waals surface area (Å²) in [5.41, 5.74) is 0.913. The van der Waals surface area contributed by atoms with Crippen molar-refractivity contribution in [1.82, 2.24) is 10.2 Å². The van der Waals surface area contributed by atoms with Crippen LogP contribution >= 0.6 is 0 Å². The van der Waals surface area contributed by atoms with Crippen LogP contribution in [-0.2, 0) is 0 Å². The van der Waals surface area contributed by atoms with E-state index < -0.39 is 10.2 Å². The fourth-order valence-corrected chi connectivity index (χ4v) is 0.975. The molecule has 19 heavy (non-hydrogen) atoms. The molecule has 2 rings (SSSR count). The minimum absolute atomic E-state index is 0.248. The number of aromatic nitrogens is 3. The van der Waals surface area contributed by atoms with Crippen molar-refractivity contribution in [1.29, 1.82) is 0 Å². The Labute approximate surface area is 109 Å². The summed E-state index contributed by atoms with van der Waals surface area (Å²) >= 11 is 0. The molecule has 0 atom stereocenters. The molecule has 1 heterocycles. The molecular weight excluding hydrogens is 280 g/mol. The summed E-state index contributed by atoms with van der Waals surface area (Å²) in [4.78, 5) is 0. The molecule has 0 saturated heterocycles. The van der Waals surface area contributed by atoms with E-state index in [0.29, 0.717) is 0 Å². The molecule has 0 aliphatic carbocycles. The van der Waals surface area contributed by atoms with Gasteiger partial charge in [0.25, 0.3) is 6.33 Å². The summed E-state index contributed by atoms with van der Waals surface area (Å²) in [5, 5.41) is 19.5. The maximum atomic E-state index is 9.04. The fraction of sp³-hybridized carbons (Fsp3) is 0.